The number of rotatable bonds is 9. The first-order chi connectivity index (χ1) is 9.52. The Morgan fingerprint density at radius 1 is 0.950 bits per heavy atom. The molecule has 0 radical (unpaired) electrons. The van der Waals surface area contributed by atoms with Crippen molar-refractivity contribution in [3.05, 3.63) is 29.8 Å². The first-order valence-corrected chi connectivity index (χ1v) is 8.07. The van der Waals surface area contributed by atoms with Crippen LogP contribution in [0.4, 0.5) is 5.69 Å². The van der Waals surface area contributed by atoms with Crippen molar-refractivity contribution in [3.8, 4) is 0 Å². The summed E-state index contributed by atoms with van der Waals surface area (Å²) in [5.41, 5.74) is 2.72. The van der Waals surface area contributed by atoms with Gasteiger partial charge in [-0.1, -0.05) is 46.8 Å². The number of hydrogen-bond acceptors (Lipinski definition) is 2. The van der Waals surface area contributed by atoms with Crippen LogP contribution in [0.5, 0.6) is 0 Å². The predicted octanol–water partition coefficient (Wildman–Crippen LogP) is 4.30. The Labute approximate surface area is 125 Å². The molecule has 0 aliphatic heterocycles. The normalized spacial score (nSPS) is 11.3. The van der Waals surface area contributed by atoms with Crippen molar-refractivity contribution in [1.29, 1.82) is 0 Å². The van der Waals surface area contributed by atoms with Gasteiger partial charge in [0, 0.05) is 25.3 Å². The lowest BCUT2D eigenvalue weighted by Gasteiger charge is -2.28. The molecule has 0 aliphatic carbocycles. The Hall–Kier alpha value is -1.02. The minimum absolute atomic E-state index is 0.694. The summed E-state index contributed by atoms with van der Waals surface area (Å²) in [4.78, 5) is 2.51. The van der Waals surface area contributed by atoms with Gasteiger partial charge in [-0.2, -0.15) is 0 Å². The van der Waals surface area contributed by atoms with Crippen LogP contribution in [0.25, 0.3) is 0 Å². The van der Waals surface area contributed by atoms with Crippen molar-refractivity contribution < 1.29 is 0 Å². The van der Waals surface area contributed by atoms with Gasteiger partial charge in [-0.15, -0.1) is 0 Å². The van der Waals surface area contributed by atoms with Gasteiger partial charge in [0.2, 0.25) is 0 Å². The maximum atomic E-state index is 3.45. The van der Waals surface area contributed by atoms with Gasteiger partial charge in [-0.3, -0.25) is 0 Å². The minimum Gasteiger partial charge on any atom is -0.371 e. The van der Waals surface area contributed by atoms with Crippen molar-refractivity contribution in [2.45, 2.75) is 47.6 Å². The summed E-state index contributed by atoms with van der Waals surface area (Å²) >= 11 is 0. The maximum Gasteiger partial charge on any atom is 0.0366 e. The molecule has 0 saturated heterocycles. The average molecular weight is 276 g/mol. The fourth-order valence-corrected chi connectivity index (χ4v) is 2.40. The summed E-state index contributed by atoms with van der Waals surface area (Å²) in [6, 6.07) is 9.05. The van der Waals surface area contributed by atoms with Gasteiger partial charge < -0.3 is 10.2 Å². The lowest BCUT2D eigenvalue weighted by Crippen LogP contribution is -2.31. The standard InChI is InChI=1S/C18H32N2/c1-6-11-19-12-17-7-9-18(10-8-17)20(13-15(2)3)14-16(4)5/h7-10,15-16,19H,6,11-14H2,1-5H3. The molecule has 20 heavy (non-hydrogen) atoms. The maximum absolute atomic E-state index is 3.45. The van der Waals surface area contributed by atoms with Crippen LogP contribution in [-0.2, 0) is 6.54 Å². The van der Waals surface area contributed by atoms with Gasteiger partial charge in [-0.05, 0) is 42.5 Å². The zero-order chi connectivity index (χ0) is 15.0. The van der Waals surface area contributed by atoms with Crippen LogP contribution in [0.1, 0.15) is 46.6 Å². The summed E-state index contributed by atoms with van der Waals surface area (Å²) < 4.78 is 0. The van der Waals surface area contributed by atoms with E-state index in [2.05, 4.69) is 69.1 Å². The lowest BCUT2D eigenvalue weighted by atomic mass is 10.1. The van der Waals surface area contributed by atoms with Gasteiger partial charge in [0.15, 0.2) is 0 Å². The Bertz CT molecular complexity index is 344. The molecule has 0 heterocycles. The van der Waals surface area contributed by atoms with Crippen molar-refractivity contribution in [2.24, 2.45) is 11.8 Å². The van der Waals surface area contributed by atoms with Crippen LogP contribution in [0.2, 0.25) is 0 Å². The number of benzene rings is 1. The summed E-state index contributed by atoms with van der Waals surface area (Å²) in [6.45, 7) is 15.7. The largest absolute Gasteiger partial charge is 0.371 e. The summed E-state index contributed by atoms with van der Waals surface area (Å²) in [6.07, 6.45) is 1.19. The molecule has 0 aromatic heterocycles. The summed E-state index contributed by atoms with van der Waals surface area (Å²) in [5, 5.41) is 3.45. The van der Waals surface area contributed by atoms with E-state index in [0.29, 0.717) is 11.8 Å². The van der Waals surface area contributed by atoms with E-state index < -0.39 is 0 Å². The Morgan fingerprint density at radius 2 is 1.50 bits per heavy atom. The lowest BCUT2D eigenvalue weighted by molar-refractivity contribution is 0.552. The van der Waals surface area contributed by atoms with E-state index in [9.17, 15) is 0 Å². The smallest absolute Gasteiger partial charge is 0.0366 e. The summed E-state index contributed by atoms with van der Waals surface area (Å²) in [7, 11) is 0. The van der Waals surface area contributed by atoms with Crippen molar-refractivity contribution in [2.75, 3.05) is 24.5 Å². The number of hydrogen-bond donors (Lipinski definition) is 1. The highest BCUT2D eigenvalue weighted by Crippen LogP contribution is 2.18. The van der Waals surface area contributed by atoms with E-state index in [0.717, 1.165) is 26.2 Å². The average Bonchev–Trinajstić information content (AvgIpc) is 2.38. The van der Waals surface area contributed by atoms with Gasteiger partial charge in [0.25, 0.3) is 0 Å². The Balaban J connectivity index is 2.66. The fraction of sp³-hybridized carbons (Fsp3) is 0.667. The highest BCUT2D eigenvalue weighted by molar-refractivity contribution is 5.47. The molecule has 1 aromatic rings. The quantitative estimate of drug-likeness (QED) is 0.676. The van der Waals surface area contributed by atoms with E-state index in [-0.39, 0.29) is 0 Å². The molecule has 114 valence electrons. The molecule has 1 aromatic carbocycles. The van der Waals surface area contributed by atoms with E-state index in [1.165, 1.54) is 17.7 Å². The van der Waals surface area contributed by atoms with Crippen LogP contribution in [-0.4, -0.2) is 19.6 Å². The molecule has 0 amide bonds. The number of anilines is 1. The van der Waals surface area contributed by atoms with Crippen LogP contribution in [0.15, 0.2) is 24.3 Å². The highest BCUT2D eigenvalue weighted by atomic mass is 15.1. The summed E-state index contributed by atoms with van der Waals surface area (Å²) in [5.74, 6) is 1.39. The second-order valence-corrected chi connectivity index (χ2v) is 6.54. The van der Waals surface area contributed by atoms with Crippen LogP contribution in [0.3, 0.4) is 0 Å². The van der Waals surface area contributed by atoms with E-state index >= 15 is 0 Å². The minimum atomic E-state index is 0.694. The van der Waals surface area contributed by atoms with Crippen molar-refractivity contribution in [3.63, 3.8) is 0 Å². The van der Waals surface area contributed by atoms with Crippen LogP contribution < -0.4 is 10.2 Å². The molecule has 0 aliphatic rings. The number of nitrogens with zero attached hydrogens (tertiary/aromatic N) is 1. The molecule has 0 fully saturated rings. The third-order valence-corrected chi connectivity index (χ3v) is 3.23. The fourth-order valence-electron chi connectivity index (χ4n) is 2.40. The molecule has 1 rings (SSSR count). The molecule has 0 spiro atoms. The molecular formula is C18H32N2. The molecule has 1 N–H and O–H groups in total. The van der Waals surface area contributed by atoms with Gasteiger partial charge >= 0.3 is 0 Å². The third kappa shape index (κ3) is 6.42. The predicted molar refractivity (Wildman–Crippen MR) is 90.3 cm³/mol. The van der Waals surface area contributed by atoms with E-state index in [1.54, 1.807) is 0 Å². The first-order valence-electron chi connectivity index (χ1n) is 8.07. The molecule has 0 bridgehead atoms. The van der Waals surface area contributed by atoms with Gasteiger partial charge in [0.1, 0.15) is 0 Å². The monoisotopic (exact) mass is 276 g/mol. The Kier molecular flexibility index (Phi) is 7.68. The SMILES string of the molecule is CCCNCc1ccc(N(CC(C)C)CC(C)C)cc1. The zero-order valence-electron chi connectivity index (χ0n) is 13.9. The van der Waals surface area contributed by atoms with Gasteiger partial charge in [-0.25, -0.2) is 0 Å². The molecule has 0 atom stereocenters. The third-order valence-electron chi connectivity index (χ3n) is 3.23. The van der Waals surface area contributed by atoms with Gasteiger partial charge in [0.05, 0.1) is 0 Å². The highest BCUT2D eigenvalue weighted by Gasteiger charge is 2.10. The van der Waals surface area contributed by atoms with Crippen molar-refractivity contribution >= 4 is 5.69 Å². The van der Waals surface area contributed by atoms with Crippen LogP contribution >= 0.6 is 0 Å². The second kappa shape index (κ2) is 9.02. The zero-order valence-corrected chi connectivity index (χ0v) is 13.9. The van der Waals surface area contributed by atoms with Crippen LogP contribution in [0, 0.1) is 11.8 Å². The topological polar surface area (TPSA) is 15.3 Å². The molecular weight excluding hydrogens is 244 g/mol. The molecule has 2 nitrogen and oxygen atoms in total. The van der Waals surface area contributed by atoms with E-state index in [4.69, 9.17) is 0 Å². The first kappa shape index (κ1) is 17.0. The van der Waals surface area contributed by atoms with E-state index in [1.807, 2.05) is 0 Å². The molecule has 2 heteroatoms. The second-order valence-electron chi connectivity index (χ2n) is 6.54. The Morgan fingerprint density at radius 3 is 1.95 bits per heavy atom. The molecule has 0 saturated carbocycles. The molecule has 0 unspecified atom stereocenters. The number of nitrogens with one attached hydrogen (secondary N) is 1. The van der Waals surface area contributed by atoms with Crippen molar-refractivity contribution in [1.82, 2.24) is 5.32 Å².